The number of aliphatic hydroxyl groups excluding tert-OH is 1. The molecule has 2 rings (SSSR count). The van der Waals surface area contributed by atoms with Crippen LogP contribution in [0.15, 0.2) is 22.7 Å². The summed E-state index contributed by atoms with van der Waals surface area (Å²) in [7, 11) is 0. The molecule has 1 aromatic carbocycles. The first kappa shape index (κ1) is 14.4. The summed E-state index contributed by atoms with van der Waals surface area (Å²) in [6.07, 6.45) is 3.24. The number of nitro groups is 1. The van der Waals surface area contributed by atoms with Crippen molar-refractivity contribution >= 4 is 21.6 Å². The highest BCUT2D eigenvalue weighted by molar-refractivity contribution is 9.10. The SMILES string of the molecule is O=[N+]([O-])c1cccc(CN2CCCCC2CO)c1Br. The predicted octanol–water partition coefficient (Wildman–Crippen LogP) is 2.70. The van der Waals surface area contributed by atoms with Crippen molar-refractivity contribution in [2.45, 2.75) is 31.8 Å². The van der Waals surface area contributed by atoms with Gasteiger partial charge in [-0.15, -0.1) is 0 Å². The molecule has 0 amide bonds. The lowest BCUT2D eigenvalue weighted by Crippen LogP contribution is -2.41. The van der Waals surface area contributed by atoms with Gasteiger partial charge >= 0.3 is 0 Å². The minimum atomic E-state index is -0.382. The zero-order chi connectivity index (χ0) is 13.8. The van der Waals surface area contributed by atoms with E-state index in [-0.39, 0.29) is 23.3 Å². The summed E-state index contributed by atoms with van der Waals surface area (Å²) in [5.41, 5.74) is 0.990. The van der Waals surface area contributed by atoms with Crippen LogP contribution in [-0.2, 0) is 6.54 Å². The van der Waals surface area contributed by atoms with E-state index in [9.17, 15) is 15.2 Å². The van der Waals surface area contributed by atoms with Crippen molar-refractivity contribution in [3.8, 4) is 0 Å². The zero-order valence-corrected chi connectivity index (χ0v) is 12.2. The Labute approximate surface area is 120 Å². The molecule has 0 radical (unpaired) electrons. The van der Waals surface area contributed by atoms with Crippen molar-refractivity contribution in [1.82, 2.24) is 4.90 Å². The van der Waals surface area contributed by atoms with Crippen molar-refractivity contribution in [3.63, 3.8) is 0 Å². The van der Waals surface area contributed by atoms with E-state index in [2.05, 4.69) is 20.8 Å². The number of nitro benzene ring substituents is 1. The first-order chi connectivity index (χ1) is 9.13. The normalized spacial score (nSPS) is 20.4. The molecule has 1 fully saturated rings. The van der Waals surface area contributed by atoms with Gasteiger partial charge in [0.25, 0.3) is 5.69 Å². The minimum absolute atomic E-state index is 0.0926. The number of rotatable bonds is 4. The molecule has 1 saturated heterocycles. The zero-order valence-electron chi connectivity index (χ0n) is 10.6. The maximum Gasteiger partial charge on any atom is 0.283 e. The fourth-order valence-corrected chi connectivity index (χ4v) is 3.06. The molecule has 5 nitrogen and oxygen atoms in total. The molecule has 19 heavy (non-hydrogen) atoms. The fourth-order valence-electron chi connectivity index (χ4n) is 2.52. The molecular weight excluding hydrogens is 312 g/mol. The highest BCUT2D eigenvalue weighted by atomic mass is 79.9. The number of halogens is 1. The summed E-state index contributed by atoms with van der Waals surface area (Å²) in [4.78, 5) is 12.7. The Balaban J connectivity index is 2.18. The number of hydrogen-bond donors (Lipinski definition) is 1. The van der Waals surface area contributed by atoms with Crippen molar-refractivity contribution < 1.29 is 10.0 Å². The monoisotopic (exact) mass is 328 g/mol. The maximum atomic E-state index is 10.9. The summed E-state index contributed by atoms with van der Waals surface area (Å²) in [6, 6.07) is 5.25. The predicted molar refractivity (Wildman–Crippen MR) is 75.9 cm³/mol. The number of likely N-dealkylation sites (tertiary alicyclic amines) is 1. The molecule has 1 aliphatic rings. The summed E-state index contributed by atoms with van der Waals surface area (Å²) < 4.78 is 0.544. The Bertz CT molecular complexity index is 467. The average molecular weight is 329 g/mol. The van der Waals surface area contributed by atoms with Crippen LogP contribution in [0.2, 0.25) is 0 Å². The van der Waals surface area contributed by atoms with E-state index in [0.717, 1.165) is 31.4 Å². The molecule has 0 aromatic heterocycles. The molecule has 104 valence electrons. The van der Waals surface area contributed by atoms with E-state index in [4.69, 9.17) is 0 Å². The Kier molecular flexibility index (Phi) is 4.90. The van der Waals surface area contributed by atoms with E-state index in [0.29, 0.717) is 11.0 Å². The number of benzene rings is 1. The first-order valence-corrected chi connectivity index (χ1v) is 7.19. The van der Waals surface area contributed by atoms with Crippen LogP contribution < -0.4 is 0 Å². The lowest BCUT2D eigenvalue weighted by Gasteiger charge is -2.34. The van der Waals surface area contributed by atoms with Gasteiger partial charge in [-0.3, -0.25) is 15.0 Å². The van der Waals surface area contributed by atoms with Crippen LogP contribution in [0, 0.1) is 10.1 Å². The van der Waals surface area contributed by atoms with Crippen molar-refractivity contribution in [2.24, 2.45) is 0 Å². The molecule has 0 aliphatic carbocycles. The second-order valence-electron chi connectivity index (χ2n) is 4.81. The van der Waals surface area contributed by atoms with Crippen molar-refractivity contribution in [3.05, 3.63) is 38.3 Å². The molecule has 1 heterocycles. The molecule has 0 bridgehead atoms. The molecule has 1 N–H and O–H groups in total. The van der Waals surface area contributed by atoms with Gasteiger partial charge in [0.2, 0.25) is 0 Å². The molecule has 6 heteroatoms. The Hall–Kier alpha value is -0.980. The summed E-state index contributed by atoms with van der Waals surface area (Å²) in [5, 5.41) is 20.3. The number of aliphatic hydroxyl groups is 1. The second kappa shape index (κ2) is 6.45. The van der Waals surface area contributed by atoms with Gasteiger partial charge < -0.3 is 5.11 Å². The van der Waals surface area contributed by atoms with Gasteiger partial charge in [-0.2, -0.15) is 0 Å². The molecule has 0 spiro atoms. The molecule has 0 saturated carbocycles. The maximum absolute atomic E-state index is 10.9. The largest absolute Gasteiger partial charge is 0.395 e. The van der Waals surface area contributed by atoms with Gasteiger partial charge in [-0.25, -0.2) is 0 Å². The van der Waals surface area contributed by atoms with Crippen molar-refractivity contribution in [2.75, 3.05) is 13.2 Å². The first-order valence-electron chi connectivity index (χ1n) is 6.40. The lowest BCUT2D eigenvalue weighted by molar-refractivity contribution is -0.385. The van der Waals surface area contributed by atoms with Gasteiger partial charge in [-0.1, -0.05) is 18.6 Å². The molecule has 1 unspecified atom stereocenters. The topological polar surface area (TPSA) is 66.6 Å². The Morgan fingerprint density at radius 2 is 2.26 bits per heavy atom. The third-order valence-electron chi connectivity index (χ3n) is 3.59. The third-order valence-corrected chi connectivity index (χ3v) is 4.50. The lowest BCUT2D eigenvalue weighted by atomic mass is 10.0. The Morgan fingerprint density at radius 3 is 2.95 bits per heavy atom. The Morgan fingerprint density at radius 1 is 1.47 bits per heavy atom. The van der Waals surface area contributed by atoms with Crippen LogP contribution in [0.5, 0.6) is 0 Å². The fraction of sp³-hybridized carbons (Fsp3) is 0.538. The summed E-state index contributed by atoms with van der Waals surface area (Å²) in [5.74, 6) is 0. The van der Waals surface area contributed by atoms with Gasteiger partial charge in [0.15, 0.2) is 0 Å². The highest BCUT2D eigenvalue weighted by Crippen LogP contribution is 2.30. The quantitative estimate of drug-likeness (QED) is 0.681. The van der Waals surface area contributed by atoms with Crippen molar-refractivity contribution in [1.29, 1.82) is 0 Å². The summed E-state index contributed by atoms with van der Waals surface area (Å²) in [6.45, 7) is 1.71. The van der Waals surface area contributed by atoms with Crippen LogP contribution in [0.3, 0.4) is 0 Å². The number of hydrogen-bond acceptors (Lipinski definition) is 4. The number of piperidine rings is 1. The van der Waals surface area contributed by atoms with Gasteiger partial charge in [-0.05, 0) is 40.9 Å². The van der Waals surface area contributed by atoms with Gasteiger partial charge in [0.05, 0.1) is 16.0 Å². The highest BCUT2D eigenvalue weighted by Gasteiger charge is 2.23. The van der Waals surface area contributed by atoms with E-state index in [1.807, 2.05) is 6.07 Å². The van der Waals surface area contributed by atoms with Crippen LogP contribution in [0.25, 0.3) is 0 Å². The molecular formula is C13H17BrN2O3. The standard InChI is InChI=1S/C13H17BrN2O3/c14-13-10(4-3-6-12(13)16(18)19)8-15-7-2-1-5-11(15)9-17/h3-4,6,11,17H,1-2,5,7-9H2. The van der Waals surface area contributed by atoms with E-state index >= 15 is 0 Å². The molecule has 1 aromatic rings. The van der Waals surface area contributed by atoms with Crippen LogP contribution in [-0.4, -0.2) is 34.1 Å². The number of nitrogens with zero attached hydrogens (tertiary/aromatic N) is 2. The second-order valence-corrected chi connectivity index (χ2v) is 5.60. The van der Waals surface area contributed by atoms with Crippen LogP contribution in [0.1, 0.15) is 24.8 Å². The van der Waals surface area contributed by atoms with E-state index in [1.165, 1.54) is 6.07 Å². The third kappa shape index (κ3) is 3.32. The van der Waals surface area contributed by atoms with Crippen LogP contribution in [0.4, 0.5) is 5.69 Å². The summed E-state index contributed by atoms with van der Waals surface area (Å²) >= 11 is 3.32. The van der Waals surface area contributed by atoms with E-state index in [1.54, 1.807) is 6.07 Å². The molecule has 1 aliphatic heterocycles. The van der Waals surface area contributed by atoms with E-state index < -0.39 is 0 Å². The average Bonchev–Trinajstić information content (AvgIpc) is 2.41. The van der Waals surface area contributed by atoms with Crippen LogP contribution >= 0.6 is 15.9 Å². The minimum Gasteiger partial charge on any atom is -0.395 e. The van der Waals surface area contributed by atoms with Gasteiger partial charge in [0.1, 0.15) is 0 Å². The van der Waals surface area contributed by atoms with Gasteiger partial charge in [0, 0.05) is 18.7 Å². The molecule has 1 atom stereocenters. The smallest absolute Gasteiger partial charge is 0.283 e.